The van der Waals surface area contributed by atoms with Gasteiger partial charge in [-0.1, -0.05) is 204 Å². The Balaban J connectivity index is 3.99. The molecule has 348 valence electrons. The van der Waals surface area contributed by atoms with Gasteiger partial charge in [-0.15, -0.1) is 0 Å². The molecular weight excluding hydrogens is 756 g/mol. The Morgan fingerprint density at radius 2 is 0.983 bits per heavy atom. The summed E-state index contributed by atoms with van der Waals surface area (Å²) in [7, 11) is 1.26. The molecule has 0 rings (SSSR count). The van der Waals surface area contributed by atoms with Crippen LogP contribution in [0, 0.1) is 0 Å². The van der Waals surface area contributed by atoms with Crippen molar-refractivity contribution in [3.63, 3.8) is 0 Å². The highest BCUT2D eigenvalue weighted by atomic mass is 31.2. The molecule has 9 heteroatoms. The molecule has 0 aliphatic carbocycles. The molecule has 0 fully saturated rings. The van der Waals surface area contributed by atoms with Gasteiger partial charge in [0.1, 0.15) is 13.2 Å². The Morgan fingerprint density at radius 3 is 1.41 bits per heavy atom. The molecule has 3 unspecified atom stereocenters. The third-order valence-electron chi connectivity index (χ3n) is 11.1. The summed E-state index contributed by atoms with van der Waals surface area (Å²) < 4.78 is 23.1. The maximum atomic E-state index is 12.8. The number of rotatable bonds is 45. The van der Waals surface area contributed by atoms with Gasteiger partial charge in [0.05, 0.1) is 39.9 Å². The van der Waals surface area contributed by atoms with Crippen LogP contribution in [-0.4, -0.2) is 68.5 Å². The Kier molecular flexibility index (Phi) is 41.1. The zero-order valence-corrected chi connectivity index (χ0v) is 40.4. The van der Waals surface area contributed by atoms with Crippen molar-refractivity contribution in [2.24, 2.45) is 0 Å². The molecular formula is C50H97N2O6P. The van der Waals surface area contributed by atoms with E-state index in [4.69, 9.17) is 9.05 Å². The van der Waals surface area contributed by atoms with Gasteiger partial charge in [-0.2, -0.15) is 0 Å². The van der Waals surface area contributed by atoms with E-state index in [1.807, 2.05) is 27.2 Å². The number of phosphoric ester groups is 1. The molecule has 0 aliphatic heterocycles. The minimum Gasteiger partial charge on any atom is -0.756 e. The molecule has 59 heavy (non-hydrogen) atoms. The fourth-order valence-electron chi connectivity index (χ4n) is 7.12. The van der Waals surface area contributed by atoms with Crippen LogP contribution >= 0.6 is 7.82 Å². The van der Waals surface area contributed by atoms with Crippen molar-refractivity contribution in [2.45, 2.75) is 238 Å². The number of hydrogen-bond donors (Lipinski definition) is 2. The van der Waals surface area contributed by atoms with Gasteiger partial charge in [0.15, 0.2) is 0 Å². The molecule has 0 bridgehead atoms. The number of hydrogen-bond acceptors (Lipinski definition) is 6. The molecule has 0 saturated heterocycles. The zero-order chi connectivity index (χ0) is 43.6. The number of aliphatic hydroxyl groups excluding tert-OH is 1. The van der Waals surface area contributed by atoms with Gasteiger partial charge in [-0.25, -0.2) is 0 Å². The highest BCUT2D eigenvalue weighted by Gasteiger charge is 2.23. The van der Waals surface area contributed by atoms with Crippen molar-refractivity contribution in [1.29, 1.82) is 0 Å². The maximum absolute atomic E-state index is 12.8. The van der Waals surface area contributed by atoms with Gasteiger partial charge in [-0.05, 0) is 51.4 Å². The van der Waals surface area contributed by atoms with E-state index in [1.165, 1.54) is 161 Å². The van der Waals surface area contributed by atoms with Crippen LogP contribution in [0.25, 0.3) is 0 Å². The Hall–Kier alpha value is -1.28. The standard InChI is InChI=1S/C50H97N2O6P/c1-6-8-10-12-14-16-17-18-19-20-21-22-23-24-25-26-27-28-29-30-31-32-33-34-35-36-38-40-42-44-50(54)51-48(47-58-59(55,56)57-46-45-52(3,4)5)49(53)43-41-39-37-15-13-11-9-7-2/h17-18,20-21,41,43,48-49,53H,6-16,19,22-40,42,44-47H2,1-5H3,(H-,51,54,55,56)/b18-17-,21-20-,43-41+. The number of unbranched alkanes of at least 4 members (excludes halogenated alkanes) is 28. The number of amides is 1. The fourth-order valence-corrected chi connectivity index (χ4v) is 7.85. The van der Waals surface area contributed by atoms with Gasteiger partial charge in [-0.3, -0.25) is 9.36 Å². The second-order valence-electron chi connectivity index (χ2n) is 18.2. The summed E-state index contributed by atoms with van der Waals surface area (Å²) in [6.45, 7) is 4.60. The minimum atomic E-state index is -4.58. The van der Waals surface area contributed by atoms with E-state index < -0.39 is 20.0 Å². The average Bonchev–Trinajstić information content (AvgIpc) is 3.19. The van der Waals surface area contributed by atoms with Crippen LogP contribution in [-0.2, 0) is 18.4 Å². The summed E-state index contributed by atoms with van der Waals surface area (Å²) in [5, 5.41) is 13.7. The predicted octanol–water partition coefficient (Wildman–Crippen LogP) is 13.6. The third-order valence-corrected chi connectivity index (χ3v) is 12.1. The summed E-state index contributed by atoms with van der Waals surface area (Å²) in [4.78, 5) is 25.2. The van der Waals surface area contributed by atoms with Gasteiger partial charge < -0.3 is 28.8 Å². The van der Waals surface area contributed by atoms with Crippen molar-refractivity contribution < 1.29 is 32.9 Å². The van der Waals surface area contributed by atoms with Crippen molar-refractivity contribution in [1.82, 2.24) is 5.32 Å². The summed E-state index contributed by atoms with van der Waals surface area (Å²) >= 11 is 0. The third kappa shape index (κ3) is 44.6. The number of likely N-dealkylation sites (N-methyl/N-ethyl adjacent to an activating group) is 1. The van der Waals surface area contributed by atoms with E-state index in [0.29, 0.717) is 17.4 Å². The number of carbonyl (C=O) groups excluding carboxylic acids is 1. The summed E-state index contributed by atoms with van der Waals surface area (Å²) in [5.41, 5.74) is 0. The summed E-state index contributed by atoms with van der Waals surface area (Å²) in [6, 6.07) is -0.882. The van der Waals surface area contributed by atoms with Gasteiger partial charge in [0, 0.05) is 6.42 Å². The van der Waals surface area contributed by atoms with E-state index in [1.54, 1.807) is 6.08 Å². The Labute approximate surface area is 366 Å². The van der Waals surface area contributed by atoms with Crippen LogP contribution in [0.1, 0.15) is 226 Å². The molecule has 0 spiro atoms. The predicted molar refractivity (Wildman–Crippen MR) is 251 cm³/mol. The van der Waals surface area contributed by atoms with E-state index in [-0.39, 0.29) is 19.1 Å². The number of allylic oxidation sites excluding steroid dienone is 5. The summed E-state index contributed by atoms with van der Waals surface area (Å²) in [5.74, 6) is -0.200. The van der Waals surface area contributed by atoms with Crippen molar-refractivity contribution in [3.8, 4) is 0 Å². The van der Waals surface area contributed by atoms with Crippen LogP contribution < -0.4 is 10.2 Å². The molecule has 3 atom stereocenters. The van der Waals surface area contributed by atoms with Crippen LogP contribution in [0.2, 0.25) is 0 Å². The smallest absolute Gasteiger partial charge is 0.268 e. The second-order valence-corrected chi connectivity index (χ2v) is 19.6. The minimum absolute atomic E-state index is 0.000570. The quantitative estimate of drug-likeness (QED) is 0.0273. The first-order valence-electron chi connectivity index (χ1n) is 24.9. The van der Waals surface area contributed by atoms with Crippen molar-refractivity contribution in [3.05, 3.63) is 36.5 Å². The van der Waals surface area contributed by atoms with E-state index in [9.17, 15) is 19.4 Å². The van der Waals surface area contributed by atoms with Gasteiger partial charge >= 0.3 is 0 Å². The Morgan fingerprint density at radius 1 is 0.593 bits per heavy atom. The largest absolute Gasteiger partial charge is 0.756 e. The summed E-state index contributed by atoms with van der Waals surface area (Å²) in [6.07, 6.45) is 52.3. The highest BCUT2D eigenvalue weighted by Crippen LogP contribution is 2.38. The second kappa shape index (κ2) is 42.0. The average molecular weight is 853 g/mol. The van der Waals surface area contributed by atoms with E-state index >= 15 is 0 Å². The number of quaternary nitrogens is 1. The SMILES string of the molecule is CCCCCCC/C=C\C/C=C\CCCCCCCCCCCCCCCCCCCC(=O)NC(COP(=O)([O-])OCC[N+](C)(C)C)C(O)/C=C/CCCCCCCC. The highest BCUT2D eigenvalue weighted by molar-refractivity contribution is 7.45. The molecule has 0 aliphatic rings. The first-order valence-corrected chi connectivity index (χ1v) is 26.3. The molecule has 8 nitrogen and oxygen atoms in total. The number of carbonyl (C=O) groups is 1. The van der Waals surface area contributed by atoms with Crippen molar-refractivity contribution in [2.75, 3.05) is 40.9 Å². The molecule has 2 N–H and O–H groups in total. The van der Waals surface area contributed by atoms with Crippen LogP contribution in [0.15, 0.2) is 36.5 Å². The maximum Gasteiger partial charge on any atom is 0.268 e. The molecule has 0 heterocycles. The lowest BCUT2D eigenvalue weighted by atomic mass is 10.0. The number of aliphatic hydroxyl groups is 1. The first-order chi connectivity index (χ1) is 28.5. The van der Waals surface area contributed by atoms with E-state index in [0.717, 1.165) is 44.9 Å². The Bertz CT molecular complexity index is 1060. The molecule has 0 aromatic carbocycles. The fraction of sp³-hybridized carbons (Fsp3) is 0.860. The number of phosphoric acid groups is 1. The van der Waals surface area contributed by atoms with Gasteiger partial charge in [0.2, 0.25) is 5.91 Å². The van der Waals surface area contributed by atoms with Crippen LogP contribution in [0.3, 0.4) is 0 Å². The zero-order valence-electron chi connectivity index (χ0n) is 39.5. The first kappa shape index (κ1) is 57.7. The topological polar surface area (TPSA) is 108 Å². The van der Waals surface area contributed by atoms with Gasteiger partial charge in [0.25, 0.3) is 7.82 Å². The number of nitrogens with zero attached hydrogens (tertiary/aromatic N) is 1. The lowest BCUT2D eigenvalue weighted by molar-refractivity contribution is -0.870. The lowest BCUT2D eigenvalue weighted by Gasteiger charge is -2.29. The van der Waals surface area contributed by atoms with Crippen LogP contribution in [0.5, 0.6) is 0 Å². The monoisotopic (exact) mass is 853 g/mol. The van der Waals surface area contributed by atoms with Crippen molar-refractivity contribution >= 4 is 13.7 Å². The number of nitrogens with one attached hydrogen (secondary N) is 1. The normalized spacial score (nSPS) is 14.5. The van der Waals surface area contributed by atoms with E-state index in [2.05, 4.69) is 43.5 Å². The molecule has 0 radical (unpaired) electrons. The molecule has 0 aromatic heterocycles. The van der Waals surface area contributed by atoms with Crippen LogP contribution in [0.4, 0.5) is 0 Å². The molecule has 0 aromatic rings. The lowest BCUT2D eigenvalue weighted by Crippen LogP contribution is -2.45. The molecule has 1 amide bonds. The molecule has 0 saturated carbocycles.